The van der Waals surface area contributed by atoms with Crippen molar-refractivity contribution in [3.05, 3.63) is 0 Å². The molecule has 0 atom stereocenters. The highest BCUT2D eigenvalue weighted by atomic mass is 16.6. The number of esters is 1. The van der Waals surface area contributed by atoms with Gasteiger partial charge in [-0.1, -0.05) is 0 Å². The summed E-state index contributed by atoms with van der Waals surface area (Å²) >= 11 is 0. The van der Waals surface area contributed by atoms with Gasteiger partial charge in [-0.3, -0.25) is 0 Å². The zero-order valence-corrected chi connectivity index (χ0v) is 7.72. The van der Waals surface area contributed by atoms with Gasteiger partial charge in [0.15, 0.2) is 5.60 Å². The largest absolute Gasteiger partial charge is 0.458 e. The van der Waals surface area contributed by atoms with Crippen LogP contribution in [0, 0.1) is 0 Å². The molecule has 0 aromatic carbocycles. The van der Waals surface area contributed by atoms with Gasteiger partial charge in [-0.15, -0.1) is 0 Å². The molecule has 0 spiro atoms. The maximum atomic E-state index is 11.0. The molecule has 0 saturated heterocycles. The Morgan fingerprint density at radius 2 is 1.45 bits per heavy atom. The molecule has 0 unspecified atom stereocenters. The minimum atomic E-state index is -1.65. The van der Waals surface area contributed by atoms with Gasteiger partial charge in [-0.25, -0.2) is 9.90 Å². The summed E-state index contributed by atoms with van der Waals surface area (Å²) in [6.07, 6.45) is 0. The van der Waals surface area contributed by atoms with Gasteiger partial charge in [0.2, 0.25) is 0 Å². The van der Waals surface area contributed by atoms with E-state index in [4.69, 9.17) is 4.74 Å². The number of rotatable bonds is 1. The lowest BCUT2D eigenvalue weighted by molar-refractivity contribution is -0.179. The van der Waals surface area contributed by atoms with Crippen LogP contribution in [0.4, 0.5) is 0 Å². The van der Waals surface area contributed by atoms with Crippen molar-refractivity contribution in [2.24, 2.45) is 0 Å². The fraction of sp³-hybridized carbons (Fsp3) is 0.875. The molecule has 0 aliphatic carbocycles. The molecule has 3 nitrogen and oxygen atoms in total. The molecule has 0 rings (SSSR count). The summed E-state index contributed by atoms with van der Waals surface area (Å²) in [5.41, 5.74) is -2.22. The van der Waals surface area contributed by atoms with Crippen LogP contribution in [-0.2, 0) is 14.6 Å². The van der Waals surface area contributed by atoms with Gasteiger partial charge in [0, 0.05) is 0 Å². The van der Waals surface area contributed by atoms with E-state index in [2.05, 4.69) is 0 Å². The number of hydrogen-bond acceptors (Lipinski definition) is 2. The van der Waals surface area contributed by atoms with Gasteiger partial charge in [0.1, 0.15) is 5.60 Å². The molecule has 0 aromatic heterocycles. The van der Waals surface area contributed by atoms with Gasteiger partial charge in [0.25, 0.3) is 0 Å². The zero-order chi connectivity index (χ0) is 9.28. The van der Waals surface area contributed by atoms with Crippen LogP contribution in [0.2, 0.25) is 0 Å². The average molecular weight is 159 g/mol. The van der Waals surface area contributed by atoms with Crippen LogP contribution in [0.3, 0.4) is 0 Å². The quantitative estimate of drug-likeness (QED) is 0.545. The minimum absolute atomic E-state index is 0.571. The molecule has 0 amide bonds. The van der Waals surface area contributed by atoms with Crippen LogP contribution in [0.5, 0.6) is 0 Å². The third-order valence-corrected chi connectivity index (χ3v) is 0.890. The van der Waals surface area contributed by atoms with Crippen LogP contribution >= 0.6 is 0 Å². The van der Waals surface area contributed by atoms with Crippen LogP contribution in [-0.4, -0.2) is 17.2 Å². The van der Waals surface area contributed by atoms with E-state index in [0.717, 1.165) is 0 Å². The smallest absolute Gasteiger partial charge is 0.341 e. The number of hydrogen-bond donors (Lipinski definition) is 0. The van der Waals surface area contributed by atoms with E-state index in [-0.39, 0.29) is 0 Å². The Kier molecular flexibility index (Phi) is 2.67. The van der Waals surface area contributed by atoms with Crippen molar-refractivity contribution in [3.8, 4) is 0 Å². The lowest BCUT2D eigenvalue weighted by Crippen LogP contribution is -2.37. The molecule has 0 fully saturated rings. The minimum Gasteiger partial charge on any atom is -0.458 e. The van der Waals surface area contributed by atoms with Crippen LogP contribution in [0.1, 0.15) is 34.6 Å². The van der Waals surface area contributed by atoms with Crippen LogP contribution < -0.4 is 0 Å². The molecule has 0 heterocycles. The molecule has 0 bridgehead atoms. The Labute approximate surface area is 67.4 Å². The second kappa shape index (κ2) is 2.81. The molecule has 0 saturated carbocycles. The fourth-order valence-electron chi connectivity index (χ4n) is 0.401. The normalized spacial score (nSPS) is 12.9. The Balaban J connectivity index is 4.11. The molecule has 3 heteroatoms. The van der Waals surface area contributed by atoms with E-state index in [9.17, 15) is 9.90 Å². The van der Waals surface area contributed by atoms with Crippen molar-refractivity contribution in [1.82, 2.24) is 0 Å². The summed E-state index contributed by atoms with van der Waals surface area (Å²) in [5, 5.41) is 11.0. The summed E-state index contributed by atoms with van der Waals surface area (Å²) in [5.74, 6) is -0.704. The summed E-state index contributed by atoms with van der Waals surface area (Å²) in [6, 6.07) is 0. The Morgan fingerprint density at radius 1 is 1.09 bits per heavy atom. The van der Waals surface area contributed by atoms with E-state index >= 15 is 0 Å². The standard InChI is InChI=1S/C8H15O3/c1-7(2,3)11-6(9)8(4,5)10/h1-5H3. The van der Waals surface area contributed by atoms with Gasteiger partial charge in [0.05, 0.1) is 0 Å². The van der Waals surface area contributed by atoms with Gasteiger partial charge < -0.3 is 4.74 Å². The van der Waals surface area contributed by atoms with Crippen molar-refractivity contribution < 1.29 is 14.6 Å². The van der Waals surface area contributed by atoms with Crippen molar-refractivity contribution in [1.29, 1.82) is 0 Å². The molecular formula is C8H15O3. The first-order chi connectivity index (χ1) is 4.63. The number of carbonyl (C=O) groups excluding carboxylic acids is 1. The van der Waals surface area contributed by atoms with E-state index in [0.29, 0.717) is 0 Å². The SMILES string of the molecule is CC(C)(C)OC(=O)C(C)(C)[O]. The first kappa shape index (κ1) is 10.4. The maximum absolute atomic E-state index is 11.0. The Bertz CT molecular complexity index is 148. The molecule has 0 aliphatic heterocycles. The Morgan fingerprint density at radius 3 is 1.55 bits per heavy atom. The highest BCUT2D eigenvalue weighted by Gasteiger charge is 2.31. The number of carbonyl (C=O) groups is 1. The molecule has 1 radical (unpaired) electrons. The average Bonchev–Trinajstić information content (AvgIpc) is 1.56. The van der Waals surface area contributed by atoms with E-state index in [1.165, 1.54) is 13.8 Å². The summed E-state index contributed by atoms with van der Waals surface area (Å²) in [7, 11) is 0. The third-order valence-electron chi connectivity index (χ3n) is 0.890. The van der Waals surface area contributed by atoms with Crippen LogP contribution in [0.15, 0.2) is 0 Å². The van der Waals surface area contributed by atoms with Crippen molar-refractivity contribution in [3.63, 3.8) is 0 Å². The molecular weight excluding hydrogens is 144 g/mol. The lowest BCUT2D eigenvalue weighted by Gasteiger charge is -2.23. The third kappa shape index (κ3) is 4.79. The first-order valence-corrected chi connectivity index (χ1v) is 3.57. The maximum Gasteiger partial charge on any atom is 0.341 e. The first-order valence-electron chi connectivity index (χ1n) is 3.57. The predicted octanol–water partition coefficient (Wildman–Crippen LogP) is 1.54. The van der Waals surface area contributed by atoms with Crippen LogP contribution in [0.25, 0.3) is 0 Å². The molecule has 0 aliphatic rings. The highest BCUT2D eigenvalue weighted by Crippen LogP contribution is 2.13. The molecule has 0 aromatic rings. The molecule has 65 valence electrons. The van der Waals surface area contributed by atoms with Gasteiger partial charge in [-0.2, -0.15) is 0 Å². The molecule has 11 heavy (non-hydrogen) atoms. The van der Waals surface area contributed by atoms with E-state index in [1.807, 2.05) is 0 Å². The summed E-state index contributed by atoms with van der Waals surface area (Å²) < 4.78 is 4.85. The number of ether oxygens (including phenoxy) is 1. The summed E-state index contributed by atoms with van der Waals surface area (Å²) in [4.78, 5) is 10.9. The van der Waals surface area contributed by atoms with Crippen molar-refractivity contribution >= 4 is 5.97 Å². The topological polar surface area (TPSA) is 46.2 Å². The van der Waals surface area contributed by atoms with Gasteiger partial charge in [-0.05, 0) is 34.6 Å². The van der Waals surface area contributed by atoms with E-state index < -0.39 is 17.2 Å². The zero-order valence-electron chi connectivity index (χ0n) is 7.72. The van der Waals surface area contributed by atoms with E-state index in [1.54, 1.807) is 20.8 Å². The predicted molar refractivity (Wildman–Crippen MR) is 40.6 cm³/mol. The second-order valence-corrected chi connectivity index (χ2v) is 4.01. The lowest BCUT2D eigenvalue weighted by atomic mass is 10.1. The second-order valence-electron chi connectivity index (χ2n) is 4.01. The fourth-order valence-corrected chi connectivity index (χ4v) is 0.401. The monoisotopic (exact) mass is 159 g/mol. The van der Waals surface area contributed by atoms with Gasteiger partial charge >= 0.3 is 5.97 Å². The van der Waals surface area contributed by atoms with Crippen molar-refractivity contribution in [2.75, 3.05) is 0 Å². The summed E-state index contributed by atoms with van der Waals surface area (Å²) in [6.45, 7) is 7.78. The highest BCUT2D eigenvalue weighted by molar-refractivity contribution is 5.78. The Hall–Kier alpha value is -0.570. The van der Waals surface area contributed by atoms with Crippen molar-refractivity contribution in [2.45, 2.75) is 45.8 Å². The molecule has 0 N–H and O–H groups in total.